The van der Waals surface area contributed by atoms with E-state index in [1.807, 2.05) is 6.92 Å². The Bertz CT molecular complexity index is 366. The highest BCUT2D eigenvalue weighted by molar-refractivity contribution is 7.89. The summed E-state index contributed by atoms with van der Waals surface area (Å²) in [6, 6.07) is 0.666. The largest absolute Gasteiger partial charge is 0.377 e. The van der Waals surface area contributed by atoms with Gasteiger partial charge < -0.3 is 10.1 Å². The van der Waals surface area contributed by atoms with Crippen LogP contribution in [0.4, 0.5) is 0 Å². The number of nitrogens with one attached hydrogen (secondary N) is 2. The van der Waals surface area contributed by atoms with Gasteiger partial charge in [0.2, 0.25) is 10.0 Å². The predicted molar refractivity (Wildman–Crippen MR) is 71.0 cm³/mol. The van der Waals surface area contributed by atoms with Crippen LogP contribution in [-0.4, -0.2) is 45.0 Å². The molecule has 0 radical (unpaired) electrons. The van der Waals surface area contributed by atoms with Crippen LogP contribution in [0, 0.1) is 0 Å². The van der Waals surface area contributed by atoms with E-state index in [1.165, 1.54) is 0 Å². The zero-order chi connectivity index (χ0) is 13.2. The van der Waals surface area contributed by atoms with Gasteiger partial charge in [0.25, 0.3) is 0 Å². The van der Waals surface area contributed by atoms with Crippen molar-refractivity contribution in [2.45, 2.75) is 63.8 Å². The smallest absolute Gasteiger partial charge is 0.214 e. The van der Waals surface area contributed by atoms with Gasteiger partial charge in [0.15, 0.2) is 0 Å². The van der Waals surface area contributed by atoms with E-state index >= 15 is 0 Å². The Morgan fingerprint density at radius 1 is 1.28 bits per heavy atom. The van der Waals surface area contributed by atoms with Crippen molar-refractivity contribution in [2.75, 3.05) is 12.4 Å². The van der Waals surface area contributed by atoms with Crippen LogP contribution in [0.5, 0.6) is 0 Å². The van der Waals surface area contributed by atoms with Gasteiger partial charge in [-0.2, -0.15) is 0 Å². The minimum Gasteiger partial charge on any atom is -0.377 e. The Balaban J connectivity index is 1.87. The third kappa shape index (κ3) is 3.91. The van der Waals surface area contributed by atoms with E-state index < -0.39 is 10.0 Å². The molecule has 18 heavy (non-hydrogen) atoms. The molecular formula is C12H24N2O3S. The number of piperidine rings is 1. The van der Waals surface area contributed by atoms with Crippen molar-refractivity contribution in [3.8, 4) is 0 Å². The molecule has 2 aliphatic heterocycles. The van der Waals surface area contributed by atoms with E-state index in [1.54, 1.807) is 0 Å². The topological polar surface area (TPSA) is 67.4 Å². The maximum atomic E-state index is 12.1. The van der Waals surface area contributed by atoms with Crippen LogP contribution in [0.25, 0.3) is 0 Å². The molecule has 4 atom stereocenters. The van der Waals surface area contributed by atoms with Crippen molar-refractivity contribution >= 4 is 10.0 Å². The Labute approximate surface area is 110 Å². The Morgan fingerprint density at radius 2 is 2.06 bits per heavy atom. The summed E-state index contributed by atoms with van der Waals surface area (Å²) >= 11 is 0. The van der Waals surface area contributed by atoms with Gasteiger partial charge in [-0.3, -0.25) is 0 Å². The first-order valence-electron chi connectivity index (χ1n) is 6.84. The summed E-state index contributed by atoms with van der Waals surface area (Å²) in [6.07, 6.45) is 3.63. The molecule has 0 bridgehead atoms. The van der Waals surface area contributed by atoms with Crippen LogP contribution in [0.15, 0.2) is 0 Å². The lowest BCUT2D eigenvalue weighted by Crippen LogP contribution is -2.55. The van der Waals surface area contributed by atoms with Crippen molar-refractivity contribution in [1.82, 2.24) is 10.0 Å². The van der Waals surface area contributed by atoms with E-state index in [2.05, 4.69) is 17.0 Å². The molecule has 6 heteroatoms. The number of ether oxygens (including phenoxy) is 1. The molecule has 0 saturated carbocycles. The maximum absolute atomic E-state index is 12.1. The molecule has 0 aromatic heterocycles. The number of sulfonamides is 1. The second-order valence-electron chi connectivity index (χ2n) is 5.57. The van der Waals surface area contributed by atoms with Crippen LogP contribution in [0.1, 0.15) is 39.5 Å². The summed E-state index contributed by atoms with van der Waals surface area (Å²) in [5.74, 6) is 0.103. The van der Waals surface area contributed by atoms with Gasteiger partial charge in [-0.15, -0.1) is 0 Å². The molecule has 2 aliphatic rings. The number of hydrogen-bond acceptors (Lipinski definition) is 4. The highest BCUT2D eigenvalue weighted by Crippen LogP contribution is 2.17. The third-order valence-electron chi connectivity index (χ3n) is 3.82. The van der Waals surface area contributed by atoms with Crippen LogP contribution in [-0.2, 0) is 14.8 Å². The fourth-order valence-corrected chi connectivity index (χ4v) is 4.42. The molecule has 0 aromatic carbocycles. The molecule has 0 aliphatic carbocycles. The van der Waals surface area contributed by atoms with E-state index in [-0.39, 0.29) is 23.9 Å². The lowest BCUT2D eigenvalue weighted by Gasteiger charge is -2.34. The molecule has 2 rings (SSSR count). The van der Waals surface area contributed by atoms with E-state index in [9.17, 15) is 8.42 Å². The van der Waals surface area contributed by atoms with E-state index in [0.717, 1.165) is 25.7 Å². The van der Waals surface area contributed by atoms with Crippen LogP contribution in [0.3, 0.4) is 0 Å². The minimum absolute atomic E-state index is 0.00704. The summed E-state index contributed by atoms with van der Waals surface area (Å²) in [7, 11) is -3.23. The molecule has 0 aromatic rings. The molecule has 0 amide bonds. The molecule has 2 N–H and O–H groups in total. The SMILES string of the molecule is CC1CCC(NS(=O)(=O)CC2CCCO2)C(C)N1. The molecule has 2 heterocycles. The summed E-state index contributed by atoms with van der Waals surface area (Å²) in [6.45, 7) is 4.86. The van der Waals surface area contributed by atoms with Crippen molar-refractivity contribution in [3.63, 3.8) is 0 Å². The number of hydrogen-bond donors (Lipinski definition) is 2. The molecule has 5 nitrogen and oxygen atoms in total. The monoisotopic (exact) mass is 276 g/mol. The zero-order valence-electron chi connectivity index (χ0n) is 11.2. The van der Waals surface area contributed by atoms with Gasteiger partial charge in [0.05, 0.1) is 11.9 Å². The first-order valence-corrected chi connectivity index (χ1v) is 8.49. The van der Waals surface area contributed by atoms with Crippen molar-refractivity contribution in [3.05, 3.63) is 0 Å². The fraction of sp³-hybridized carbons (Fsp3) is 1.00. The van der Waals surface area contributed by atoms with Gasteiger partial charge >= 0.3 is 0 Å². The normalized spacial score (nSPS) is 37.9. The quantitative estimate of drug-likeness (QED) is 0.789. The summed E-state index contributed by atoms with van der Waals surface area (Å²) in [5.41, 5.74) is 0. The average Bonchev–Trinajstić information content (AvgIpc) is 2.74. The standard InChI is InChI=1S/C12H24N2O3S/c1-9-5-6-12(10(2)13-9)14-18(15,16)8-11-4-3-7-17-11/h9-14H,3-8H2,1-2H3. The van der Waals surface area contributed by atoms with E-state index in [4.69, 9.17) is 4.74 Å². The first-order chi connectivity index (χ1) is 8.46. The maximum Gasteiger partial charge on any atom is 0.214 e. The Morgan fingerprint density at radius 3 is 2.67 bits per heavy atom. The summed E-state index contributed by atoms with van der Waals surface area (Å²) < 4.78 is 32.3. The first kappa shape index (κ1) is 14.2. The van der Waals surface area contributed by atoms with Gasteiger partial charge in [-0.25, -0.2) is 13.1 Å². The molecule has 0 spiro atoms. The number of rotatable bonds is 4. The Kier molecular flexibility index (Phi) is 4.64. The lowest BCUT2D eigenvalue weighted by atomic mass is 9.96. The zero-order valence-corrected chi connectivity index (χ0v) is 12.0. The molecule has 2 fully saturated rings. The van der Waals surface area contributed by atoms with Gasteiger partial charge in [0, 0.05) is 24.7 Å². The molecule has 4 unspecified atom stereocenters. The molecule has 2 saturated heterocycles. The van der Waals surface area contributed by atoms with Crippen molar-refractivity contribution in [1.29, 1.82) is 0 Å². The second kappa shape index (κ2) is 5.86. The summed E-state index contributed by atoms with van der Waals surface area (Å²) in [5, 5.41) is 3.39. The Hall–Kier alpha value is -0.170. The van der Waals surface area contributed by atoms with E-state index in [0.29, 0.717) is 12.6 Å². The van der Waals surface area contributed by atoms with Crippen molar-refractivity contribution < 1.29 is 13.2 Å². The van der Waals surface area contributed by atoms with Gasteiger partial charge in [0.1, 0.15) is 0 Å². The predicted octanol–water partition coefficient (Wildman–Crippen LogP) is 0.614. The lowest BCUT2D eigenvalue weighted by molar-refractivity contribution is 0.127. The minimum atomic E-state index is -3.23. The highest BCUT2D eigenvalue weighted by atomic mass is 32.2. The van der Waals surface area contributed by atoms with Crippen LogP contribution < -0.4 is 10.0 Å². The molecular weight excluding hydrogens is 252 g/mol. The van der Waals surface area contributed by atoms with Crippen LogP contribution >= 0.6 is 0 Å². The van der Waals surface area contributed by atoms with Crippen LogP contribution in [0.2, 0.25) is 0 Å². The van der Waals surface area contributed by atoms with Gasteiger partial charge in [-0.05, 0) is 39.5 Å². The van der Waals surface area contributed by atoms with Gasteiger partial charge in [-0.1, -0.05) is 0 Å². The third-order valence-corrected chi connectivity index (χ3v) is 5.29. The molecule has 106 valence electrons. The summed E-state index contributed by atoms with van der Waals surface area (Å²) in [4.78, 5) is 0. The average molecular weight is 276 g/mol. The second-order valence-corrected chi connectivity index (χ2v) is 7.37. The van der Waals surface area contributed by atoms with Crippen molar-refractivity contribution in [2.24, 2.45) is 0 Å². The fourth-order valence-electron chi connectivity index (χ4n) is 2.79. The highest BCUT2D eigenvalue weighted by Gasteiger charge is 2.30.